The summed E-state index contributed by atoms with van der Waals surface area (Å²) in [7, 11) is 0. The number of carbonyl (C=O) groups is 1. The third-order valence-corrected chi connectivity index (χ3v) is 5.43. The van der Waals surface area contributed by atoms with E-state index >= 15 is 0 Å². The first-order valence-corrected chi connectivity index (χ1v) is 11.7. The van der Waals surface area contributed by atoms with Gasteiger partial charge in [0.1, 0.15) is 0 Å². The average Bonchev–Trinajstić information content (AvgIpc) is 2.73. The number of carboxylic acids is 1. The maximum Gasteiger partial charge on any atom is 0.303 e. The molecule has 1 aromatic carbocycles. The molecule has 29 heavy (non-hydrogen) atoms. The summed E-state index contributed by atoms with van der Waals surface area (Å²) in [6.45, 7) is 0.901. The van der Waals surface area contributed by atoms with E-state index in [0.29, 0.717) is 13.0 Å². The lowest BCUT2D eigenvalue weighted by Crippen LogP contribution is -2.13. The molecule has 1 aromatic rings. The summed E-state index contributed by atoms with van der Waals surface area (Å²) in [5.74, 6) is -0.674. The largest absolute Gasteiger partial charge is 0.481 e. The Labute approximate surface area is 177 Å². The van der Waals surface area contributed by atoms with Crippen LogP contribution in [0, 0.1) is 0 Å². The molecule has 1 rings (SSSR count). The van der Waals surface area contributed by atoms with Crippen LogP contribution >= 0.6 is 0 Å². The Hall–Kier alpha value is -1.39. The van der Waals surface area contributed by atoms with Crippen molar-refractivity contribution in [1.29, 1.82) is 0 Å². The number of aliphatic hydroxyl groups excluding tert-OH is 1. The van der Waals surface area contributed by atoms with Crippen molar-refractivity contribution in [3.8, 4) is 0 Å². The van der Waals surface area contributed by atoms with Crippen molar-refractivity contribution in [2.24, 2.45) is 0 Å². The van der Waals surface area contributed by atoms with Crippen LogP contribution in [0.1, 0.15) is 102 Å². The molecule has 0 saturated heterocycles. The van der Waals surface area contributed by atoms with Crippen LogP contribution < -0.4 is 0 Å². The van der Waals surface area contributed by atoms with Gasteiger partial charge in [0.2, 0.25) is 0 Å². The fourth-order valence-corrected chi connectivity index (χ4v) is 3.66. The Kier molecular flexibility index (Phi) is 16.5. The first kappa shape index (κ1) is 25.6. The summed E-state index contributed by atoms with van der Waals surface area (Å²) in [4.78, 5) is 10.4. The molecule has 1 unspecified atom stereocenters. The lowest BCUT2D eigenvalue weighted by atomic mass is 10.0. The fraction of sp³-hybridized carbons (Fsp3) is 0.720. The zero-order valence-electron chi connectivity index (χ0n) is 18.2. The topological polar surface area (TPSA) is 66.8 Å². The Bertz CT molecular complexity index is 489. The monoisotopic (exact) mass is 406 g/mol. The minimum Gasteiger partial charge on any atom is -0.481 e. The van der Waals surface area contributed by atoms with Gasteiger partial charge < -0.3 is 14.9 Å². The molecule has 0 aliphatic heterocycles. The lowest BCUT2D eigenvalue weighted by Gasteiger charge is -2.17. The minimum atomic E-state index is -0.674. The van der Waals surface area contributed by atoms with Crippen molar-refractivity contribution in [2.45, 2.75) is 109 Å². The molecular formula is C25H42O4. The van der Waals surface area contributed by atoms with Gasteiger partial charge in [0.25, 0.3) is 0 Å². The van der Waals surface area contributed by atoms with Crippen molar-refractivity contribution >= 4 is 5.97 Å². The van der Waals surface area contributed by atoms with Crippen molar-refractivity contribution in [3.05, 3.63) is 35.9 Å². The Balaban J connectivity index is 1.96. The van der Waals surface area contributed by atoms with E-state index in [1.807, 2.05) is 18.2 Å². The van der Waals surface area contributed by atoms with E-state index in [4.69, 9.17) is 14.9 Å². The van der Waals surface area contributed by atoms with E-state index in [0.717, 1.165) is 32.1 Å². The van der Waals surface area contributed by atoms with Crippen molar-refractivity contribution in [2.75, 3.05) is 6.61 Å². The van der Waals surface area contributed by atoms with Crippen LogP contribution in [0.3, 0.4) is 0 Å². The molecule has 2 N–H and O–H groups in total. The van der Waals surface area contributed by atoms with E-state index in [1.165, 1.54) is 63.4 Å². The number of hydrogen-bond donors (Lipinski definition) is 2. The molecule has 1 atom stereocenters. The van der Waals surface area contributed by atoms with Crippen molar-refractivity contribution < 1.29 is 19.7 Å². The number of carboxylic acid groups (broad SMARTS) is 1. The van der Waals surface area contributed by atoms with Crippen LogP contribution in [0.5, 0.6) is 0 Å². The van der Waals surface area contributed by atoms with Crippen LogP contribution in [0.15, 0.2) is 30.3 Å². The molecule has 0 saturated carbocycles. The van der Waals surface area contributed by atoms with E-state index < -0.39 is 5.97 Å². The molecule has 4 nitrogen and oxygen atoms in total. The second-order valence-corrected chi connectivity index (χ2v) is 8.11. The molecule has 0 amide bonds. The van der Waals surface area contributed by atoms with Crippen LogP contribution in [0.2, 0.25) is 0 Å². The van der Waals surface area contributed by atoms with Gasteiger partial charge in [0, 0.05) is 13.0 Å². The normalized spacial score (nSPS) is 12.2. The van der Waals surface area contributed by atoms with Gasteiger partial charge in [-0.3, -0.25) is 4.79 Å². The molecule has 4 heteroatoms. The molecule has 0 aromatic heterocycles. The van der Waals surface area contributed by atoms with Crippen LogP contribution in [-0.4, -0.2) is 28.9 Å². The minimum absolute atomic E-state index is 0.241. The van der Waals surface area contributed by atoms with Gasteiger partial charge in [-0.1, -0.05) is 94.5 Å². The summed E-state index contributed by atoms with van der Waals surface area (Å²) < 4.78 is 6.10. The Morgan fingerprint density at radius 3 is 1.83 bits per heavy atom. The molecule has 0 spiro atoms. The third kappa shape index (κ3) is 16.1. The summed E-state index contributed by atoms with van der Waals surface area (Å²) >= 11 is 0. The van der Waals surface area contributed by atoms with Crippen molar-refractivity contribution in [1.82, 2.24) is 0 Å². The van der Waals surface area contributed by atoms with Crippen molar-refractivity contribution in [3.63, 3.8) is 0 Å². The highest BCUT2D eigenvalue weighted by molar-refractivity contribution is 5.66. The molecule has 0 radical (unpaired) electrons. The highest BCUT2D eigenvalue weighted by Crippen LogP contribution is 2.17. The Morgan fingerprint density at radius 2 is 1.28 bits per heavy atom. The summed E-state index contributed by atoms with van der Waals surface area (Å²) in [6, 6.07) is 10.3. The first-order valence-electron chi connectivity index (χ1n) is 11.7. The van der Waals surface area contributed by atoms with E-state index in [1.54, 1.807) is 0 Å². The van der Waals surface area contributed by atoms with Crippen LogP contribution in [-0.2, 0) is 16.1 Å². The SMILES string of the molecule is O=C(O)CCCCCCCCCCCCCC(CCCO)OCc1ccccc1. The molecule has 0 aliphatic rings. The summed E-state index contributed by atoms with van der Waals surface area (Å²) in [5.41, 5.74) is 1.21. The van der Waals surface area contributed by atoms with Gasteiger partial charge >= 0.3 is 5.97 Å². The number of benzene rings is 1. The van der Waals surface area contributed by atoms with Gasteiger partial charge in [0.05, 0.1) is 12.7 Å². The molecular weight excluding hydrogens is 364 g/mol. The molecule has 166 valence electrons. The number of rotatable bonds is 20. The quantitative estimate of drug-likeness (QED) is 0.243. The molecule has 0 aliphatic carbocycles. The molecule has 0 bridgehead atoms. The lowest BCUT2D eigenvalue weighted by molar-refractivity contribution is -0.137. The predicted molar refractivity (Wildman–Crippen MR) is 119 cm³/mol. The summed E-state index contributed by atoms with van der Waals surface area (Å²) in [5, 5.41) is 17.7. The highest BCUT2D eigenvalue weighted by atomic mass is 16.5. The van der Waals surface area contributed by atoms with Crippen LogP contribution in [0.25, 0.3) is 0 Å². The van der Waals surface area contributed by atoms with E-state index in [-0.39, 0.29) is 12.7 Å². The zero-order valence-corrected chi connectivity index (χ0v) is 18.2. The standard InChI is InChI=1S/C25H42O4/c26-21-15-19-24(29-22-23-16-11-10-12-17-23)18-13-8-6-4-2-1-3-5-7-9-14-20-25(27)28/h10-12,16-17,24,26H,1-9,13-15,18-22H2,(H,27,28). The molecule has 0 fully saturated rings. The Morgan fingerprint density at radius 1 is 0.759 bits per heavy atom. The predicted octanol–water partition coefficient (Wildman–Crippen LogP) is 6.50. The van der Waals surface area contributed by atoms with Gasteiger partial charge in [-0.05, 0) is 31.2 Å². The number of aliphatic hydroxyl groups is 1. The molecule has 0 heterocycles. The summed E-state index contributed by atoms with van der Waals surface area (Å²) in [6.07, 6.45) is 16.7. The fourth-order valence-electron chi connectivity index (χ4n) is 3.66. The average molecular weight is 407 g/mol. The second kappa shape index (κ2) is 18.6. The highest BCUT2D eigenvalue weighted by Gasteiger charge is 2.09. The number of aliphatic carboxylic acids is 1. The van der Waals surface area contributed by atoms with Gasteiger partial charge in [-0.25, -0.2) is 0 Å². The number of ether oxygens (including phenoxy) is 1. The smallest absolute Gasteiger partial charge is 0.303 e. The number of hydrogen-bond acceptors (Lipinski definition) is 3. The first-order chi connectivity index (χ1) is 14.2. The number of unbranched alkanes of at least 4 members (excludes halogenated alkanes) is 10. The van der Waals surface area contributed by atoms with Gasteiger partial charge in [-0.15, -0.1) is 0 Å². The third-order valence-electron chi connectivity index (χ3n) is 5.43. The zero-order chi connectivity index (χ0) is 21.0. The van der Waals surface area contributed by atoms with Crippen LogP contribution in [0.4, 0.5) is 0 Å². The van der Waals surface area contributed by atoms with E-state index in [2.05, 4.69) is 12.1 Å². The van der Waals surface area contributed by atoms with Gasteiger partial charge in [0.15, 0.2) is 0 Å². The second-order valence-electron chi connectivity index (χ2n) is 8.11. The maximum atomic E-state index is 10.4. The van der Waals surface area contributed by atoms with Gasteiger partial charge in [-0.2, -0.15) is 0 Å². The maximum absolute atomic E-state index is 10.4. The van der Waals surface area contributed by atoms with E-state index in [9.17, 15) is 4.79 Å².